The highest BCUT2D eigenvalue weighted by Crippen LogP contribution is 2.00. The van der Waals surface area contributed by atoms with Crippen LogP contribution in [0.4, 0.5) is 0 Å². The Bertz CT molecular complexity index is 246. The van der Waals surface area contributed by atoms with E-state index < -0.39 is 0 Å². The molecular weight excluding hydrogens is 162 g/mol. The maximum absolute atomic E-state index is 2.48. The van der Waals surface area contributed by atoms with Crippen LogP contribution in [0.25, 0.3) is 0 Å². The van der Waals surface area contributed by atoms with E-state index in [9.17, 15) is 0 Å². The predicted octanol–water partition coefficient (Wildman–Crippen LogP) is 1.38. The summed E-state index contributed by atoms with van der Waals surface area (Å²) in [5.74, 6) is 0. The van der Waals surface area contributed by atoms with Crippen molar-refractivity contribution in [3.8, 4) is 0 Å². The Hall–Kier alpha value is -0.150. The highest BCUT2D eigenvalue weighted by atomic mass is 32.2. The second kappa shape index (κ2) is 2.84. The van der Waals surface area contributed by atoms with E-state index in [1.807, 2.05) is 22.7 Å². The third-order valence-corrected chi connectivity index (χ3v) is 3.97. The molecule has 1 aliphatic heterocycles. The van der Waals surface area contributed by atoms with Gasteiger partial charge in [-0.15, -0.1) is 0 Å². The lowest BCUT2D eigenvalue weighted by Gasteiger charge is -1.83. The maximum Gasteiger partial charge on any atom is 0.313 e. The molecule has 1 nitrogen and oxygen atoms in total. The first kappa shape index (κ1) is 6.55. The molecule has 1 aromatic rings. The molecule has 3 heteroatoms. The molecule has 0 amide bonds. The van der Waals surface area contributed by atoms with Crippen molar-refractivity contribution in [1.29, 1.82) is 0 Å². The van der Waals surface area contributed by atoms with Crippen molar-refractivity contribution < 1.29 is 0 Å². The summed E-state index contributed by atoms with van der Waals surface area (Å²) in [5, 5.41) is 4.33. The average Bonchev–Trinajstić information content (AvgIpc) is 2.59. The van der Waals surface area contributed by atoms with E-state index in [1.165, 1.54) is 29.9 Å². The molecule has 0 atom stereocenters. The van der Waals surface area contributed by atoms with Crippen LogP contribution < -0.4 is 8.56 Å². The summed E-state index contributed by atoms with van der Waals surface area (Å²) in [6.45, 7) is 2.55. The molecular formula is C7H10NS2+. The van der Waals surface area contributed by atoms with Crippen LogP contribution in [0.5, 0.6) is 0 Å². The minimum atomic E-state index is 1.27. The van der Waals surface area contributed by atoms with Crippen LogP contribution in [-0.2, 0) is 0 Å². The van der Waals surface area contributed by atoms with Gasteiger partial charge in [0.15, 0.2) is 0 Å². The van der Waals surface area contributed by atoms with Gasteiger partial charge in [-0.05, 0) is 0 Å². The third kappa shape index (κ3) is 1.16. The molecule has 1 fully saturated rings. The van der Waals surface area contributed by atoms with Gasteiger partial charge in [0.05, 0.1) is 0 Å². The van der Waals surface area contributed by atoms with Gasteiger partial charge in [-0.25, -0.2) is 4.58 Å². The molecule has 2 heterocycles. The van der Waals surface area contributed by atoms with Crippen LogP contribution in [0.1, 0.15) is 12.8 Å². The summed E-state index contributed by atoms with van der Waals surface area (Å²) in [5.41, 5.74) is 0. The Morgan fingerprint density at radius 1 is 1.10 bits per heavy atom. The van der Waals surface area contributed by atoms with Crippen molar-refractivity contribution in [2.75, 3.05) is 13.1 Å². The van der Waals surface area contributed by atoms with Gasteiger partial charge in [0.2, 0.25) is 0 Å². The molecule has 2 rings (SSSR count). The largest absolute Gasteiger partial charge is 0.313 e. The summed E-state index contributed by atoms with van der Waals surface area (Å²) in [6.07, 6.45) is 2.76. The molecule has 54 valence electrons. The van der Waals surface area contributed by atoms with Gasteiger partial charge in [0.1, 0.15) is 13.1 Å². The topological polar surface area (TPSA) is 3.01 Å². The smallest absolute Gasteiger partial charge is 0.212 e. The fourth-order valence-corrected chi connectivity index (χ4v) is 3.14. The fraction of sp³-hybridized carbons (Fsp3) is 0.571. The van der Waals surface area contributed by atoms with E-state index in [1.54, 1.807) is 0 Å². The quantitative estimate of drug-likeness (QED) is 0.520. The van der Waals surface area contributed by atoms with Crippen molar-refractivity contribution in [3.05, 3.63) is 14.7 Å². The van der Waals surface area contributed by atoms with E-state index in [0.29, 0.717) is 0 Å². The summed E-state index contributed by atoms with van der Waals surface area (Å²) in [4.78, 5) is 0. The van der Waals surface area contributed by atoms with E-state index in [4.69, 9.17) is 0 Å². The molecule has 0 saturated carbocycles. The van der Waals surface area contributed by atoms with Crippen molar-refractivity contribution in [3.63, 3.8) is 0 Å². The standard InChI is InChI=1S/C7H10NS2/c1-2-4-8(3-1)7-9-5-6-10-7/h5-6H,1-4H2/q+1. The van der Waals surface area contributed by atoms with E-state index in [0.717, 1.165) is 0 Å². The molecule has 10 heavy (non-hydrogen) atoms. The van der Waals surface area contributed by atoms with Gasteiger partial charge >= 0.3 is 3.98 Å². The van der Waals surface area contributed by atoms with Crippen LogP contribution in [0.2, 0.25) is 0 Å². The second-order valence-electron chi connectivity index (χ2n) is 2.47. The Labute approximate surface area is 68.3 Å². The number of rotatable bonds is 0. The second-order valence-corrected chi connectivity index (χ2v) is 4.52. The molecule has 1 saturated heterocycles. The first-order chi connectivity index (χ1) is 4.97. The van der Waals surface area contributed by atoms with Gasteiger partial charge in [-0.1, -0.05) is 22.7 Å². The number of hydrogen-bond acceptors (Lipinski definition) is 2. The molecule has 0 N–H and O–H groups in total. The van der Waals surface area contributed by atoms with Crippen LogP contribution in [-0.4, -0.2) is 13.1 Å². The van der Waals surface area contributed by atoms with E-state index >= 15 is 0 Å². The Balaban J connectivity index is 2.46. The Morgan fingerprint density at radius 2 is 1.70 bits per heavy atom. The summed E-state index contributed by atoms with van der Waals surface area (Å²) in [6, 6.07) is 0. The fourth-order valence-electron chi connectivity index (χ4n) is 1.25. The normalized spacial score (nSPS) is 18.2. The maximum atomic E-state index is 2.48. The lowest BCUT2D eigenvalue weighted by Crippen LogP contribution is -2.21. The molecule has 0 aliphatic carbocycles. The molecule has 0 unspecified atom stereocenters. The minimum absolute atomic E-state index is 1.27. The van der Waals surface area contributed by atoms with Gasteiger partial charge in [0.25, 0.3) is 0 Å². The average molecular weight is 172 g/mol. The Kier molecular flexibility index (Phi) is 1.86. The highest BCUT2D eigenvalue weighted by molar-refractivity contribution is 7.24. The summed E-state index contributed by atoms with van der Waals surface area (Å²) in [7, 11) is 0. The molecule has 0 bridgehead atoms. The van der Waals surface area contributed by atoms with E-state index in [2.05, 4.69) is 15.3 Å². The summed E-state index contributed by atoms with van der Waals surface area (Å²) < 4.78 is 3.97. The van der Waals surface area contributed by atoms with Gasteiger partial charge in [-0.3, -0.25) is 0 Å². The Morgan fingerprint density at radius 3 is 2.30 bits per heavy atom. The van der Waals surface area contributed by atoms with Crippen molar-refractivity contribution in [2.45, 2.75) is 12.8 Å². The van der Waals surface area contributed by atoms with Gasteiger partial charge in [-0.2, -0.15) is 0 Å². The van der Waals surface area contributed by atoms with Crippen molar-refractivity contribution >= 4 is 22.7 Å². The first-order valence-electron chi connectivity index (χ1n) is 3.57. The lowest BCUT2D eigenvalue weighted by molar-refractivity contribution is 0.716. The molecule has 1 aliphatic rings. The van der Waals surface area contributed by atoms with Gasteiger partial charge in [0, 0.05) is 23.6 Å². The zero-order chi connectivity index (χ0) is 6.81. The predicted molar refractivity (Wildman–Crippen MR) is 46.4 cm³/mol. The monoisotopic (exact) mass is 172 g/mol. The van der Waals surface area contributed by atoms with Crippen molar-refractivity contribution in [2.24, 2.45) is 0 Å². The zero-order valence-electron chi connectivity index (χ0n) is 5.75. The molecule has 0 aromatic carbocycles. The number of nitrogens with zero attached hydrogens (tertiary/aromatic N) is 1. The van der Waals surface area contributed by atoms with Gasteiger partial charge < -0.3 is 0 Å². The third-order valence-electron chi connectivity index (χ3n) is 1.76. The number of hydrogen-bond donors (Lipinski definition) is 0. The lowest BCUT2D eigenvalue weighted by atomic mass is 10.4. The van der Waals surface area contributed by atoms with Crippen LogP contribution in [0.3, 0.4) is 0 Å². The highest BCUT2D eigenvalue weighted by Gasteiger charge is 2.13. The summed E-state index contributed by atoms with van der Waals surface area (Å²) >= 11 is 3.73. The molecule has 0 spiro atoms. The molecule has 0 radical (unpaired) electrons. The zero-order valence-corrected chi connectivity index (χ0v) is 7.38. The first-order valence-corrected chi connectivity index (χ1v) is 5.33. The van der Waals surface area contributed by atoms with Crippen molar-refractivity contribution in [1.82, 2.24) is 4.58 Å². The van der Waals surface area contributed by atoms with Crippen LogP contribution >= 0.6 is 22.7 Å². The SMILES string of the molecule is c1csc(=[N+]2CCCC2)s1. The molecule has 1 aromatic heterocycles. The minimum Gasteiger partial charge on any atom is -0.212 e. The van der Waals surface area contributed by atoms with E-state index in [-0.39, 0.29) is 0 Å². The van der Waals surface area contributed by atoms with Crippen LogP contribution in [0, 0.1) is 0 Å². The van der Waals surface area contributed by atoms with Crippen LogP contribution in [0.15, 0.2) is 10.8 Å².